The Bertz CT molecular complexity index is 691. The summed E-state index contributed by atoms with van der Waals surface area (Å²) in [4.78, 5) is 11.6. The summed E-state index contributed by atoms with van der Waals surface area (Å²) < 4.78 is 5.55. The molecule has 0 saturated heterocycles. The van der Waals surface area contributed by atoms with Crippen molar-refractivity contribution in [1.29, 1.82) is 0 Å². The third-order valence-corrected chi connectivity index (χ3v) is 7.28. The molecular weight excluding hydrogens is 344 g/mol. The van der Waals surface area contributed by atoms with Crippen LogP contribution in [0.5, 0.6) is 0 Å². The molecule has 3 aliphatic carbocycles. The average molecular weight is 376 g/mol. The van der Waals surface area contributed by atoms with Crippen LogP contribution in [-0.2, 0) is 9.53 Å². The second-order valence-corrected chi connectivity index (χ2v) is 9.24. The number of carbonyl (C=O) groups excluding carboxylic acids is 1. The Hall–Kier alpha value is -1.43. The summed E-state index contributed by atoms with van der Waals surface area (Å²) in [7, 11) is 0. The van der Waals surface area contributed by atoms with E-state index in [-0.39, 0.29) is 41.8 Å². The number of allylic oxidation sites excluding steroid dienone is 3. The molecule has 0 aromatic heterocycles. The number of esters is 1. The fraction of sp³-hybridized carbons (Fsp3) is 0.682. The Morgan fingerprint density at radius 2 is 1.96 bits per heavy atom. The fourth-order valence-electron chi connectivity index (χ4n) is 5.79. The molecule has 5 heteroatoms. The number of aliphatic hydroxyl groups excluding tert-OH is 3. The van der Waals surface area contributed by atoms with Crippen LogP contribution in [0.1, 0.15) is 40.5 Å². The van der Waals surface area contributed by atoms with Gasteiger partial charge < -0.3 is 20.1 Å². The van der Waals surface area contributed by atoms with Crippen LogP contribution in [0.3, 0.4) is 0 Å². The van der Waals surface area contributed by atoms with E-state index >= 15 is 0 Å². The Balaban J connectivity index is 2.04. The largest absolute Gasteiger partial charge is 0.462 e. The van der Waals surface area contributed by atoms with Crippen molar-refractivity contribution in [3.8, 4) is 0 Å². The van der Waals surface area contributed by atoms with Gasteiger partial charge in [0.1, 0.15) is 6.10 Å². The SMILES string of the molecule is C=C(CO)[C@@H]1C=C2C=C[C@H]3C(C)(C)[C@H](OC(C)=O)C[C@@H](O)[C@]3(C)[C@H]2[C@H](O)C1. The van der Waals surface area contributed by atoms with Gasteiger partial charge >= 0.3 is 5.97 Å². The summed E-state index contributed by atoms with van der Waals surface area (Å²) in [6.07, 6.45) is 5.34. The lowest BCUT2D eigenvalue weighted by Crippen LogP contribution is -2.63. The molecule has 0 spiro atoms. The summed E-state index contributed by atoms with van der Waals surface area (Å²) in [5.74, 6) is -0.661. The average Bonchev–Trinajstić information content (AvgIpc) is 2.58. The lowest BCUT2D eigenvalue weighted by molar-refractivity contribution is -0.196. The Kier molecular flexibility index (Phi) is 5.17. The summed E-state index contributed by atoms with van der Waals surface area (Å²) in [6.45, 7) is 11.4. The van der Waals surface area contributed by atoms with Crippen LogP contribution in [0.4, 0.5) is 0 Å². The van der Waals surface area contributed by atoms with Crippen molar-refractivity contribution < 1.29 is 24.9 Å². The van der Waals surface area contributed by atoms with Crippen molar-refractivity contribution in [3.63, 3.8) is 0 Å². The van der Waals surface area contributed by atoms with Gasteiger partial charge in [0.05, 0.1) is 18.8 Å². The monoisotopic (exact) mass is 376 g/mol. The molecule has 3 aliphatic rings. The number of rotatable bonds is 3. The molecular formula is C22H32O5. The first-order valence-corrected chi connectivity index (χ1v) is 9.75. The van der Waals surface area contributed by atoms with E-state index in [2.05, 4.69) is 32.6 Å². The van der Waals surface area contributed by atoms with Crippen LogP contribution in [-0.4, -0.2) is 46.2 Å². The first-order chi connectivity index (χ1) is 12.5. The first-order valence-electron chi connectivity index (χ1n) is 9.75. The summed E-state index contributed by atoms with van der Waals surface area (Å²) in [5.41, 5.74) is 0.756. The summed E-state index contributed by atoms with van der Waals surface area (Å²) in [6, 6.07) is 0. The molecule has 3 N–H and O–H groups in total. The third kappa shape index (κ3) is 3.10. The van der Waals surface area contributed by atoms with Gasteiger partial charge in [-0.2, -0.15) is 0 Å². The Labute approximate surface area is 161 Å². The number of hydrogen-bond donors (Lipinski definition) is 3. The molecule has 0 aromatic carbocycles. The first kappa shape index (κ1) is 20.3. The van der Waals surface area contributed by atoms with Crippen molar-refractivity contribution in [1.82, 2.24) is 0 Å². The Morgan fingerprint density at radius 3 is 2.56 bits per heavy atom. The zero-order valence-corrected chi connectivity index (χ0v) is 16.7. The van der Waals surface area contributed by atoms with Gasteiger partial charge in [-0.15, -0.1) is 0 Å². The summed E-state index contributed by atoms with van der Waals surface area (Å²) in [5, 5.41) is 31.6. The van der Waals surface area contributed by atoms with Gasteiger partial charge in [0.25, 0.3) is 0 Å². The number of ether oxygens (including phenoxy) is 1. The van der Waals surface area contributed by atoms with Gasteiger partial charge in [-0.05, 0) is 23.5 Å². The predicted octanol–water partition coefficient (Wildman–Crippen LogP) is 2.37. The smallest absolute Gasteiger partial charge is 0.302 e. The highest BCUT2D eigenvalue weighted by atomic mass is 16.5. The third-order valence-electron chi connectivity index (χ3n) is 7.28. The van der Waals surface area contributed by atoms with Crippen LogP contribution in [0.2, 0.25) is 0 Å². The minimum Gasteiger partial charge on any atom is -0.462 e. The highest BCUT2D eigenvalue weighted by Gasteiger charge is 2.62. The number of carbonyl (C=O) groups is 1. The lowest BCUT2D eigenvalue weighted by Gasteiger charge is -2.61. The van der Waals surface area contributed by atoms with E-state index in [9.17, 15) is 20.1 Å². The molecule has 0 radical (unpaired) electrons. The Morgan fingerprint density at radius 1 is 1.30 bits per heavy atom. The molecule has 1 saturated carbocycles. The van der Waals surface area contributed by atoms with E-state index in [1.165, 1.54) is 6.92 Å². The molecule has 150 valence electrons. The van der Waals surface area contributed by atoms with E-state index in [0.717, 1.165) is 5.57 Å². The zero-order valence-electron chi connectivity index (χ0n) is 16.7. The molecule has 0 bridgehead atoms. The normalized spacial score (nSPS) is 42.6. The van der Waals surface area contributed by atoms with Gasteiger partial charge in [0, 0.05) is 36.0 Å². The second-order valence-electron chi connectivity index (χ2n) is 9.24. The molecule has 1 fully saturated rings. The number of fused-ring (bicyclic) bond motifs is 3. The van der Waals surface area contributed by atoms with Crippen molar-refractivity contribution >= 4 is 5.97 Å². The maximum absolute atomic E-state index is 11.6. The van der Waals surface area contributed by atoms with Crippen molar-refractivity contribution in [3.05, 3.63) is 36.0 Å². The molecule has 0 unspecified atom stereocenters. The topological polar surface area (TPSA) is 87.0 Å². The van der Waals surface area contributed by atoms with E-state index in [0.29, 0.717) is 18.4 Å². The highest BCUT2D eigenvalue weighted by molar-refractivity contribution is 5.66. The predicted molar refractivity (Wildman–Crippen MR) is 103 cm³/mol. The maximum Gasteiger partial charge on any atom is 0.302 e. The van der Waals surface area contributed by atoms with Crippen LogP contribution in [0.25, 0.3) is 0 Å². The van der Waals surface area contributed by atoms with E-state index in [1.54, 1.807) is 0 Å². The molecule has 0 aliphatic heterocycles. The molecule has 27 heavy (non-hydrogen) atoms. The molecule has 3 rings (SSSR count). The van der Waals surface area contributed by atoms with E-state index in [4.69, 9.17) is 4.74 Å². The minimum atomic E-state index is -0.703. The van der Waals surface area contributed by atoms with Crippen LogP contribution >= 0.6 is 0 Å². The van der Waals surface area contributed by atoms with E-state index in [1.807, 2.05) is 13.0 Å². The standard InChI is InChI=1S/C22H32O5/c1-12(11-23)15-8-14-6-7-17-21(3,4)19(27-13(2)24)10-18(26)22(17,5)20(14)16(25)9-15/h6-8,15-20,23,25-26H,1,9-11H2,2-5H3/t15-,16-,17+,18-,19-,20-,22-/m1/s1. The molecule has 0 aromatic rings. The van der Waals surface area contributed by atoms with Crippen molar-refractivity contribution in [2.24, 2.45) is 28.6 Å². The van der Waals surface area contributed by atoms with Gasteiger partial charge in [-0.3, -0.25) is 4.79 Å². The molecule has 7 atom stereocenters. The van der Waals surface area contributed by atoms with Gasteiger partial charge in [-0.1, -0.05) is 45.6 Å². The molecule has 5 nitrogen and oxygen atoms in total. The fourth-order valence-corrected chi connectivity index (χ4v) is 5.79. The molecule has 0 amide bonds. The van der Waals surface area contributed by atoms with Crippen molar-refractivity contribution in [2.75, 3.05) is 6.61 Å². The van der Waals surface area contributed by atoms with Crippen LogP contribution in [0.15, 0.2) is 36.0 Å². The van der Waals surface area contributed by atoms with Crippen molar-refractivity contribution in [2.45, 2.75) is 58.8 Å². The van der Waals surface area contributed by atoms with Crippen LogP contribution in [0, 0.1) is 28.6 Å². The number of hydrogen-bond acceptors (Lipinski definition) is 5. The van der Waals surface area contributed by atoms with Gasteiger partial charge in [0.2, 0.25) is 0 Å². The maximum atomic E-state index is 11.6. The second kappa shape index (κ2) is 6.87. The minimum absolute atomic E-state index is 0.0486. The number of aliphatic hydroxyl groups is 3. The lowest BCUT2D eigenvalue weighted by atomic mass is 9.45. The van der Waals surface area contributed by atoms with Gasteiger partial charge in [-0.25, -0.2) is 0 Å². The zero-order chi connectivity index (χ0) is 20.1. The quantitative estimate of drug-likeness (QED) is 0.520. The summed E-state index contributed by atoms with van der Waals surface area (Å²) >= 11 is 0. The highest BCUT2D eigenvalue weighted by Crippen LogP contribution is 2.61. The van der Waals surface area contributed by atoms with E-state index < -0.39 is 17.6 Å². The van der Waals surface area contributed by atoms with Gasteiger partial charge in [0.15, 0.2) is 0 Å². The van der Waals surface area contributed by atoms with Crippen LogP contribution < -0.4 is 0 Å². The molecule has 0 heterocycles.